The number of unbranched alkanes of at least 4 members (excludes halogenated alkanes) is 1. The Morgan fingerprint density at radius 1 is 1.37 bits per heavy atom. The fraction of sp³-hybridized carbons (Fsp3) is 0.773. The van der Waals surface area contributed by atoms with Crippen LogP contribution in [0.2, 0.25) is 0 Å². The molecule has 2 aliphatic carbocycles. The number of allylic oxidation sites excluding steroid dienone is 3. The highest BCUT2D eigenvalue weighted by Gasteiger charge is 2.46. The molecule has 27 heavy (non-hydrogen) atoms. The molecule has 2 rings (SSSR count). The Balaban J connectivity index is 1.84. The number of rotatable bonds is 12. The summed E-state index contributed by atoms with van der Waals surface area (Å²) in [5.74, 6) is 1.75. The van der Waals surface area contributed by atoms with Crippen LogP contribution in [-0.4, -0.2) is 38.9 Å². The number of aliphatic hydroxyl groups is 2. The summed E-state index contributed by atoms with van der Waals surface area (Å²) in [5.41, 5.74) is 1.36. The van der Waals surface area contributed by atoms with Gasteiger partial charge in [-0.1, -0.05) is 44.8 Å². The Morgan fingerprint density at radius 2 is 2.15 bits per heavy atom. The lowest BCUT2D eigenvalue weighted by molar-refractivity contribution is -0.133. The predicted octanol–water partition coefficient (Wildman–Crippen LogP) is 5.19. The average molecular weight is 397 g/mol. The van der Waals surface area contributed by atoms with Gasteiger partial charge in [0.2, 0.25) is 0 Å². The molecule has 0 bridgehead atoms. The van der Waals surface area contributed by atoms with Crippen molar-refractivity contribution in [1.29, 1.82) is 0 Å². The number of carbonyl (C=O) groups is 1. The first-order valence-electron chi connectivity index (χ1n) is 10.5. The van der Waals surface area contributed by atoms with E-state index in [4.69, 9.17) is 5.11 Å². The van der Waals surface area contributed by atoms with Crippen LogP contribution >= 0.6 is 11.8 Å². The summed E-state index contributed by atoms with van der Waals surface area (Å²) in [4.78, 5) is 10.6. The molecule has 0 radical (unpaired) electrons. The molecule has 4 nitrogen and oxygen atoms in total. The Labute approximate surface area is 168 Å². The average Bonchev–Trinajstić information content (AvgIpc) is 3.12. The standard InChI is InChI=1S/C22H36O4S/c1-3-4-6-15(2)7-5-8-19(23)22-18-12-16(9-10-27-14-21(25)26)11-17(18)13-20(22)24/h8,12,15,17-18,20,22-24H,3-7,9-11,13-14H2,1-2H3,(H,25,26)/t15?,17-,18-,20+,22-/m1/s1. The van der Waals surface area contributed by atoms with Gasteiger partial charge in [-0.25, -0.2) is 0 Å². The molecular formula is C22H36O4S. The smallest absolute Gasteiger partial charge is 0.313 e. The van der Waals surface area contributed by atoms with Crippen LogP contribution in [0.25, 0.3) is 0 Å². The molecule has 0 amide bonds. The summed E-state index contributed by atoms with van der Waals surface area (Å²) in [6, 6.07) is 0. The van der Waals surface area contributed by atoms with Crippen LogP contribution in [0.4, 0.5) is 0 Å². The first-order chi connectivity index (χ1) is 12.9. The molecule has 0 spiro atoms. The fourth-order valence-electron chi connectivity index (χ4n) is 4.59. The minimum Gasteiger partial charge on any atom is -0.512 e. The summed E-state index contributed by atoms with van der Waals surface area (Å²) >= 11 is 1.45. The Bertz CT molecular complexity index is 542. The van der Waals surface area contributed by atoms with Crippen LogP contribution in [0.5, 0.6) is 0 Å². The van der Waals surface area contributed by atoms with Crippen molar-refractivity contribution >= 4 is 17.7 Å². The van der Waals surface area contributed by atoms with Gasteiger partial charge in [0.15, 0.2) is 0 Å². The van der Waals surface area contributed by atoms with Gasteiger partial charge in [-0.3, -0.25) is 4.79 Å². The molecule has 1 unspecified atom stereocenters. The van der Waals surface area contributed by atoms with E-state index >= 15 is 0 Å². The van der Waals surface area contributed by atoms with Gasteiger partial charge in [-0.2, -0.15) is 0 Å². The summed E-state index contributed by atoms with van der Waals surface area (Å²) in [7, 11) is 0. The van der Waals surface area contributed by atoms with Crippen LogP contribution in [0.1, 0.15) is 65.2 Å². The molecule has 5 heteroatoms. The van der Waals surface area contributed by atoms with Crippen molar-refractivity contribution in [3.8, 4) is 0 Å². The molecule has 0 aromatic heterocycles. The van der Waals surface area contributed by atoms with E-state index in [0.717, 1.165) is 37.9 Å². The fourth-order valence-corrected chi connectivity index (χ4v) is 5.32. The van der Waals surface area contributed by atoms with E-state index in [9.17, 15) is 15.0 Å². The molecule has 0 aliphatic heterocycles. The van der Waals surface area contributed by atoms with Gasteiger partial charge in [0.1, 0.15) is 0 Å². The van der Waals surface area contributed by atoms with Crippen LogP contribution in [-0.2, 0) is 4.79 Å². The van der Waals surface area contributed by atoms with Crippen molar-refractivity contribution in [3.63, 3.8) is 0 Å². The summed E-state index contributed by atoms with van der Waals surface area (Å²) < 4.78 is 0. The van der Waals surface area contributed by atoms with Gasteiger partial charge >= 0.3 is 5.97 Å². The lowest BCUT2D eigenvalue weighted by Gasteiger charge is -2.19. The summed E-state index contributed by atoms with van der Waals surface area (Å²) in [5, 5.41) is 29.8. The highest BCUT2D eigenvalue weighted by molar-refractivity contribution is 7.99. The predicted molar refractivity (Wildman–Crippen MR) is 112 cm³/mol. The second kappa shape index (κ2) is 11.2. The number of hydrogen-bond acceptors (Lipinski definition) is 4. The Hall–Kier alpha value is -0.940. The minimum atomic E-state index is -0.764. The molecular weight excluding hydrogens is 360 g/mol. The van der Waals surface area contributed by atoms with Crippen LogP contribution in [0.3, 0.4) is 0 Å². The van der Waals surface area contributed by atoms with E-state index < -0.39 is 12.1 Å². The number of aliphatic hydroxyl groups excluding tert-OH is 2. The van der Waals surface area contributed by atoms with Gasteiger partial charge in [0, 0.05) is 5.92 Å². The van der Waals surface area contributed by atoms with Gasteiger partial charge in [0.05, 0.1) is 17.6 Å². The van der Waals surface area contributed by atoms with Crippen molar-refractivity contribution in [2.45, 2.75) is 71.3 Å². The highest BCUT2D eigenvalue weighted by atomic mass is 32.2. The maximum Gasteiger partial charge on any atom is 0.313 e. The maximum absolute atomic E-state index is 10.6. The Morgan fingerprint density at radius 3 is 2.85 bits per heavy atom. The molecule has 0 heterocycles. The molecule has 2 aliphatic rings. The minimum absolute atomic E-state index is 0.154. The highest BCUT2D eigenvalue weighted by Crippen LogP contribution is 2.49. The molecule has 0 aromatic rings. The largest absolute Gasteiger partial charge is 0.512 e. The van der Waals surface area contributed by atoms with Gasteiger partial charge < -0.3 is 15.3 Å². The number of hydrogen-bond donors (Lipinski definition) is 3. The monoisotopic (exact) mass is 396 g/mol. The van der Waals surface area contributed by atoms with Crippen LogP contribution in [0, 0.1) is 23.7 Å². The van der Waals surface area contributed by atoms with Crippen molar-refractivity contribution in [3.05, 3.63) is 23.5 Å². The van der Waals surface area contributed by atoms with Crippen molar-refractivity contribution in [2.24, 2.45) is 23.7 Å². The number of thioether (sulfide) groups is 1. The first kappa shape index (κ1) is 22.4. The van der Waals surface area contributed by atoms with Crippen molar-refractivity contribution < 1.29 is 20.1 Å². The van der Waals surface area contributed by atoms with E-state index in [-0.39, 0.29) is 17.6 Å². The molecule has 1 saturated carbocycles. The van der Waals surface area contributed by atoms with E-state index in [1.165, 1.54) is 36.6 Å². The lowest BCUT2D eigenvalue weighted by Crippen LogP contribution is -2.20. The third-order valence-electron chi connectivity index (χ3n) is 6.07. The van der Waals surface area contributed by atoms with Gasteiger partial charge in [0.25, 0.3) is 0 Å². The molecule has 3 N–H and O–H groups in total. The topological polar surface area (TPSA) is 77.8 Å². The molecule has 0 aromatic carbocycles. The third kappa shape index (κ3) is 6.86. The van der Waals surface area contributed by atoms with Crippen molar-refractivity contribution in [1.82, 2.24) is 0 Å². The van der Waals surface area contributed by atoms with E-state index in [1.807, 2.05) is 6.08 Å². The van der Waals surface area contributed by atoms with Gasteiger partial charge in [-0.15, -0.1) is 11.8 Å². The normalized spacial score (nSPS) is 28.9. The molecule has 0 saturated heterocycles. The van der Waals surface area contributed by atoms with E-state index in [1.54, 1.807) is 0 Å². The number of carboxylic acids is 1. The zero-order chi connectivity index (χ0) is 19.8. The number of fused-ring (bicyclic) bond motifs is 1. The van der Waals surface area contributed by atoms with Crippen molar-refractivity contribution in [2.75, 3.05) is 11.5 Å². The van der Waals surface area contributed by atoms with E-state index in [2.05, 4.69) is 19.9 Å². The lowest BCUT2D eigenvalue weighted by atomic mass is 9.89. The number of aliphatic carboxylic acids is 1. The second-order valence-electron chi connectivity index (χ2n) is 8.35. The second-order valence-corrected chi connectivity index (χ2v) is 9.45. The van der Waals surface area contributed by atoms with Gasteiger partial charge in [-0.05, 0) is 61.7 Å². The van der Waals surface area contributed by atoms with E-state index in [0.29, 0.717) is 17.6 Å². The first-order valence-corrected chi connectivity index (χ1v) is 11.6. The Kier molecular flexibility index (Phi) is 9.24. The van der Waals surface area contributed by atoms with Crippen LogP contribution in [0.15, 0.2) is 23.5 Å². The van der Waals surface area contributed by atoms with Crippen LogP contribution < -0.4 is 0 Å². The zero-order valence-corrected chi connectivity index (χ0v) is 17.6. The maximum atomic E-state index is 10.6. The third-order valence-corrected chi connectivity index (χ3v) is 7.01. The summed E-state index contributed by atoms with van der Waals surface area (Å²) in [6.07, 6.45) is 12.1. The SMILES string of the molecule is CCCCC(C)CCC=C(O)[C@H]1[C@@H]2C=C(CCSCC(=O)O)C[C@@H]2C[C@@H]1O. The quantitative estimate of drug-likeness (QED) is 0.240. The summed E-state index contributed by atoms with van der Waals surface area (Å²) in [6.45, 7) is 4.49. The molecule has 1 fully saturated rings. The number of carboxylic acid groups (broad SMARTS) is 1. The molecule has 154 valence electrons. The zero-order valence-electron chi connectivity index (χ0n) is 16.8. The molecule has 5 atom stereocenters.